The van der Waals surface area contributed by atoms with E-state index in [1.807, 2.05) is 43.3 Å². The first-order chi connectivity index (χ1) is 14.9. The lowest BCUT2D eigenvalue weighted by atomic mass is 10.1. The quantitative estimate of drug-likeness (QED) is 0.754. The van der Waals surface area contributed by atoms with Crippen LogP contribution < -0.4 is 15.8 Å². The van der Waals surface area contributed by atoms with E-state index in [1.165, 1.54) is 22.6 Å². The van der Waals surface area contributed by atoms with Gasteiger partial charge in [0.2, 0.25) is 5.84 Å². The summed E-state index contributed by atoms with van der Waals surface area (Å²) in [5.74, 6) is 0.242. The molecule has 0 saturated heterocycles. The standard InChI is InChI=1S/C24H29N5O2/c1-16(2)10-11-28-14-18-6-7-20(12-19(18)15-28)26-24(31)23-25-13-22(30)29(27-23)21-8-4-17(3)5-9-21/h4-9,12,16H,10-11,13-15H2,1-3H3,(H,25,27)(H,26,31). The zero-order valence-electron chi connectivity index (χ0n) is 18.3. The second-order valence-electron chi connectivity index (χ2n) is 8.67. The van der Waals surface area contributed by atoms with Crippen LogP contribution in [-0.2, 0) is 22.7 Å². The Bertz CT molecular complexity index is 1010. The molecule has 0 saturated carbocycles. The molecule has 7 nitrogen and oxygen atoms in total. The molecule has 31 heavy (non-hydrogen) atoms. The van der Waals surface area contributed by atoms with Crippen LogP contribution in [-0.4, -0.2) is 35.6 Å². The number of hydrogen-bond acceptors (Lipinski definition) is 5. The molecule has 0 spiro atoms. The molecule has 162 valence electrons. The van der Waals surface area contributed by atoms with E-state index in [-0.39, 0.29) is 24.2 Å². The molecular weight excluding hydrogens is 390 g/mol. The van der Waals surface area contributed by atoms with Crippen molar-refractivity contribution in [1.29, 1.82) is 0 Å². The fraction of sp³-hybridized carbons (Fsp3) is 0.375. The van der Waals surface area contributed by atoms with Gasteiger partial charge in [-0.3, -0.25) is 24.9 Å². The summed E-state index contributed by atoms with van der Waals surface area (Å²) >= 11 is 0. The van der Waals surface area contributed by atoms with E-state index in [9.17, 15) is 9.59 Å². The van der Waals surface area contributed by atoms with Gasteiger partial charge in [0, 0.05) is 18.8 Å². The highest BCUT2D eigenvalue weighted by atomic mass is 16.2. The Balaban J connectivity index is 1.40. The lowest BCUT2D eigenvalue weighted by Crippen LogP contribution is -2.54. The molecule has 0 aromatic heterocycles. The first-order valence-corrected chi connectivity index (χ1v) is 10.8. The van der Waals surface area contributed by atoms with Crippen LogP contribution in [0.1, 0.15) is 37.0 Å². The highest BCUT2D eigenvalue weighted by Gasteiger charge is 2.26. The number of nitrogens with one attached hydrogen (secondary N) is 2. The topological polar surface area (TPSA) is 77.0 Å². The van der Waals surface area contributed by atoms with E-state index >= 15 is 0 Å². The Kier molecular flexibility index (Phi) is 6.04. The number of anilines is 2. The lowest BCUT2D eigenvalue weighted by Gasteiger charge is -2.27. The van der Waals surface area contributed by atoms with Crippen molar-refractivity contribution in [1.82, 2.24) is 10.3 Å². The Morgan fingerprint density at radius 3 is 2.61 bits per heavy atom. The predicted molar refractivity (Wildman–Crippen MR) is 123 cm³/mol. The van der Waals surface area contributed by atoms with Gasteiger partial charge in [-0.25, -0.2) is 5.01 Å². The first-order valence-electron chi connectivity index (χ1n) is 10.8. The van der Waals surface area contributed by atoms with Gasteiger partial charge in [-0.15, -0.1) is 0 Å². The molecule has 0 aliphatic carbocycles. The van der Waals surface area contributed by atoms with Crippen LogP contribution in [0.15, 0.2) is 47.5 Å². The molecular formula is C24H29N5O2. The monoisotopic (exact) mass is 419 g/mol. The van der Waals surface area contributed by atoms with Gasteiger partial charge in [-0.2, -0.15) is 0 Å². The molecule has 2 aromatic carbocycles. The molecule has 2 N–H and O–H groups in total. The molecule has 0 atom stereocenters. The van der Waals surface area contributed by atoms with Crippen molar-refractivity contribution in [3.63, 3.8) is 0 Å². The maximum atomic E-state index is 12.8. The van der Waals surface area contributed by atoms with Gasteiger partial charge in [0.1, 0.15) is 6.54 Å². The average Bonchev–Trinajstić information content (AvgIpc) is 3.15. The third-order valence-corrected chi connectivity index (χ3v) is 5.62. The minimum atomic E-state index is -0.362. The molecule has 0 bridgehead atoms. The average molecular weight is 420 g/mol. The van der Waals surface area contributed by atoms with Crippen molar-refractivity contribution in [2.24, 2.45) is 10.9 Å². The van der Waals surface area contributed by atoms with E-state index in [1.54, 1.807) is 0 Å². The molecule has 7 heteroatoms. The van der Waals surface area contributed by atoms with Crippen LogP contribution in [0.4, 0.5) is 11.4 Å². The van der Waals surface area contributed by atoms with Crippen LogP contribution in [0.5, 0.6) is 0 Å². The smallest absolute Gasteiger partial charge is 0.292 e. The molecule has 0 fully saturated rings. The number of rotatable bonds is 6. The molecule has 0 radical (unpaired) electrons. The molecule has 0 unspecified atom stereocenters. The summed E-state index contributed by atoms with van der Waals surface area (Å²) in [6.07, 6.45) is 1.18. The largest absolute Gasteiger partial charge is 0.319 e. The Morgan fingerprint density at radius 2 is 1.87 bits per heavy atom. The number of carbonyl (C=O) groups is 2. The van der Waals surface area contributed by atoms with Crippen LogP contribution in [0, 0.1) is 12.8 Å². The zero-order chi connectivity index (χ0) is 22.0. The summed E-state index contributed by atoms with van der Waals surface area (Å²) in [6, 6.07) is 13.6. The number of benzene rings is 2. The highest BCUT2D eigenvalue weighted by molar-refractivity contribution is 6.43. The van der Waals surface area contributed by atoms with Crippen molar-refractivity contribution >= 4 is 29.0 Å². The van der Waals surface area contributed by atoms with Crippen LogP contribution in [0.3, 0.4) is 0 Å². The maximum Gasteiger partial charge on any atom is 0.292 e. The normalized spacial score (nSPS) is 16.2. The van der Waals surface area contributed by atoms with Gasteiger partial charge in [-0.1, -0.05) is 37.6 Å². The summed E-state index contributed by atoms with van der Waals surface area (Å²) in [4.78, 5) is 31.6. The lowest BCUT2D eigenvalue weighted by molar-refractivity contribution is -0.118. The second kappa shape index (κ2) is 8.89. The van der Waals surface area contributed by atoms with Crippen molar-refractivity contribution in [3.05, 3.63) is 59.2 Å². The number of hydrogen-bond donors (Lipinski definition) is 2. The van der Waals surface area contributed by atoms with Crippen molar-refractivity contribution in [2.75, 3.05) is 23.4 Å². The fourth-order valence-corrected chi connectivity index (χ4v) is 3.78. The minimum Gasteiger partial charge on any atom is -0.319 e. The van der Waals surface area contributed by atoms with Gasteiger partial charge in [0.25, 0.3) is 11.8 Å². The highest BCUT2D eigenvalue weighted by Crippen LogP contribution is 2.26. The number of nitrogens with zero attached hydrogens (tertiary/aromatic N) is 3. The third-order valence-electron chi connectivity index (χ3n) is 5.62. The SMILES string of the molecule is Cc1ccc(N2NC(C(=O)Nc3ccc4c(c3)CN(CCC(C)C)C4)=NCC2=O)cc1. The number of fused-ring (bicyclic) bond motifs is 1. The summed E-state index contributed by atoms with van der Waals surface area (Å²) in [5.41, 5.74) is 7.92. The molecule has 2 heterocycles. The van der Waals surface area contributed by atoms with E-state index in [2.05, 4.69) is 40.5 Å². The molecule has 2 aliphatic rings. The van der Waals surface area contributed by atoms with Crippen LogP contribution >= 0.6 is 0 Å². The van der Waals surface area contributed by atoms with Crippen molar-refractivity contribution < 1.29 is 9.59 Å². The number of amides is 2. The van der Waals surface area contributed by atoms with Gasteiger partial charge in [-0.05, 0) is 61.2 Å². The Morgan fingerprint density at radius 1 is 1.13 bits per heavy atom. The molecule has 2 amide bonds. The molecule has 4 rings (SSSR count). The molecule has 2 aromatic rings. The summed E-state index contributed by atoms with van der Waals surface area (Å²) in [5, 5.41) is 4.29. The fourth-order valence-electron chi connectivity index (χ4n) is 3.78. The number of aryl methyl sites for hydroxylation is 1. The number of carbonyl (C=O) groups excluding carboxylic acids is 2. The van der Waals surface area contributed by atoms with Gasteiger partial charge in [0.15, 0.2) is 0 Å². The van der Waals surface area contributed by atoms with Crippen molar-refractivity contribution in [2.45, 2.75) is 40.3 Å². The van der Waals surface area contributed by atoms with Crippen LogP contribution in [0.2, 0.25) is 0 Å². The minimum absolute atomic E-state index is 0.0708. The predicted octanol–water partition coefficient (Wildman–Crippen LogP) is 3.25. The maximum absolute atomic E-state index is 12.8. The first kappa shape index (κ1) is 21.1. The van der Waals surface area contributed by atoms with Gasteiger partial charge in [0.05, 0.1) is 5.69 Å². The summed E-state index contributed by atoms with van der Waals surface area (Å²) in [7, 11) is 0. The summed E-state index contributed by atoms with van der Waals surface area (Å²) < 4.78 is 0. The zero-order valence-corrected chi connectivity index (χ0v) is 18.3. The summed E-state index contributed by atoms with van der Waals surface area (Å²) in [6.45, 7) is 9.34. The van der Waals surface area contributed by atoms with E-state index in [4.69, 9.17) is 0 Å². The number of amidine groups is 1. The van der Waals surface area contributed by atoms with E-state index < -0.39 is 0 Å². The van der Waals surface area contributed by atoms with E-state index in [0.29, 0.717) is 11.6 Å². The second-order valence-corrected chi connectivity index (χ2v) is 8.67. The van der Waals surface area contributed by atoms with Crippen LogP contribution in [0.25, 0.3) is 0 Å². The van der Waals surface area contributed by atoms with Crippen molar-refractivity contribution in [3.8, 4) is 0 Å². The third kappa shape index (κ3) is 4.94. The number of hydrazine groups is 1. The Hall–Kier alpha value is -3.19. The van der Waals surface area contributed by atoms with Gasteiger partial charge >= 0.3 is 0 Å². The number of aliphatic imine (C=N–C) groups is 1. The van der Waals surface area contributed by atoms with E-state index in [0.717, 1.165) is 30.9 Å². The molecule has 2 aliphatic heterocycles. The van der Waals surface area contributed by atoms with Gasteiger partial charge < -0.3 is 5.32 Å². The Labute approximate surface area is 183 Å².